The van der Waals surface area contributed by atoms with Crippen molar-refractivity contribution in [1.82, 2.24) is 19.4 Å². The molecule has 1 saturated heterocycles. The Morgan fingerprint density at radius 2 is 1.97 bits per heavy atom. The van der Waals surface area contributed by atoms with Gasteiger partial charge >= 0.3 is 6.18 Å². The predicted octanol–water partition coefficient (Wildman–Crippen LogP) is 4.38. The molecular formula is C20H22F3N5OS. The topological polar surface area (TPSA) is 63.1 Å². The fourth-order valence-electron chi connectivity index (χ4n) is 3.64. The minimum absolute atomic E-state index is 0.199. The summed E-state index contributed by atoms with van der Waals surface area (Å²) in [6, 6.07) is 6.24. The number of para-hydroxylation sites is 2. The number of rotatable bonds is 5. The molecule has 0 aliphatic carbocycles. The number of hydrogen-bond acceptors (Lipinski definition) is 5. The van der Waals surface area contributed by atoms with E-state index in [2.05, 4.69) is 27.1 Å². The Bertz CT molecular complexity index is 1040. The molecule has 0 atom stereocenters. The maximum atomic E-state index is 13.4. The molecular weight excluding hydrogens is 415 g/mol. The molecule has 1 aliphatic heterocycles. The van der Waals surface area contributed by atoms with Crippen LogP contribution in [-0.4, -0.2) is 38.4 Å². The number of piperidine rings is 1. The fraction of sp³-hybridized carbons (Fsp3) is 0.450. The normalized spacial score (nSPS) is 16.3. The van der Waals surface area contributed by atoms with Crippen LogP contribution in [0.5, 0.6) is 0 Å². The summed E-state index contributed by atoms with van der Waals surface area (Å²) in [5.74, 6) is -0.915. The van der Waals surface area contributed by atoms with Crippen LogP contribution >= 0.6 is 11.3 Å². The molecule has 1 N–H and O–H groups in total. The molecule has 0 saturated carbocycles. The Labute approximate surface area is 175 Å². The van der Waals surface area contributed by atoms with Gasteiger partial charge in [-0.2, -0.15) is 13.2 Å². The Morgan fingerprint density at radius 3 is 2.70 bits per heavy atom. The van der Waals surface area contributed by atoms with Crippen LogP contribution in [0.4, 0.5) is 18.3 Å². The number of carbonyl (C=O) groups is 1. The minimum Gasteiger partial charge on any atom is -0.311 e. The van der Waals surface area contributed by atoms with Crippen molar-refractivity contribution >= 4 is 33.4 Å². The highest BCUT2D eigenvalue weighted by atomic mass is 32.1. The highest BCUT2D eigenvalue weighted by Gasteiger charge is 2.38. The molecule has 1 amide bonds. The number of imidazole rings is 1. The largest absolute Gasteiger partial charge is 0.449 e. The summed E-state index contributed by atoms with van der Waals surface area (Å²) in [4.78, 5) is 22.9. The molecule has 3 aromatic rings. The smallest absolute Gasteiger partial charge is 0.311 e. The first kappa shape index (κ1) is 20.8. The zero-order valence-corrected chi connectivity index (χ0v) is 17.3. The summed E-state index contributed by atoms with van der Waals surface area (Å²) in [5, 5.41) is 4.89. The summed E-state index contributed by atoms with van der Waals surface area (Å²) in [7, 11) is 0. The second-order valence-corrected chi connectivity index (χ2v) is 8.52. The SMILES string of the molecule is CC1CCN(Cc2csc(NC(=O)Cn3c(C(F)(F)F)nc4ccccc43)n2)CC1. The van der Waals surface area contributed by atoms with E-state index in [-0.39, 0.29) is 11.0 Å². The third kappa shape index (κ3) is 4.65. The molecule has 3 heterocycles. The second kappa shape index (κ2) is 8.35. The lowest BCUT2D eigenvalue weighted by Gasteiger charge is -2.29. The van der Waals surface area contributed by atoms with E-state index in [0.717, 1.165) is 42.1 Å². The molecule has 0 bridgehead atoms. The van der Waals surface area contributed by atoms with Crippen molar-refractivity contribution in [2.75, 3.05) is 18.4 Å². The van der Waals surface area contributed by atoms with Gasteiger partial charge in [-0.05, 0) is 44.0 Å². The average Bonchev–Trinajstić information content (AvgIpc) is 3.28. The van der Waals surface area contributed by atoms with Gasteiger partial charge in [0.15, 0.2) is 5.13 Å². The number of amides is 1. The molecule has 1 aliphatic rings. The predicted molar refractivity (Wildman–Crippen MR) is 109 cm³/mol. The molecule has 1 fully saturated rings. The lowest BCUT2D eigenvalue weighted by molar-refractivity contribution is -0.147. The second-order valence-electron chi connectivity index (χ2n) is 7.66. The zero-order chi connectivity index (χ0) is 21.3. The van der Waals surface area contributed by atoms with E-state index in [9.17, 15) is 18.0 Å². The fourth-order valence-corrected chi connectivity index (χ4v) is 4.36. The summed E-state index contributed by atoms with van der Waals surface area (Å²) < 4.78 is 41.0. The molecule has 0 radical (unpaired) electrons. The number of thiazole rings is 1. The van der Waals surface area contributed by atoms with Crippen LogP contribution < -0.4 is 5.32 Å². The number of fused-ring (bicyclic) bond motifs is 1. The van der Waals surface area contributed by atoms with Crippen LogP contribution in [0.3, 0.4) is 0 Å². The van der Waals surface area contributed by atoms with Gasteiger partial charge < -0.3 is 9.88 Å². The van der Waals surface area contributed by atoms with Crippen LogP contribution in [0.1, 0.15) is 31.3 Å². The third-order valence-corrected chi connectivity index (χ3v) is 6.08. The molecule has 0 spiro atoms. The maximum absolute atomic E-state index is 13.4. The van der Waals surface area contributed by atoms with Crippen LogP contribution in [0.2, 0.25) is 0 Å². The van der Waals surface area contributed by atoms with E-state index in [1.54, 1.807) is 12.1 Å². The van der Waals surface area contributed by atoms with Gasteiger partial charge in [-0.3, -0.25) is 9.69 Å². The molecule has 30 heavy (non-hydrogen) atoms. The average molecular weight is 437 g/mol. The quantitative estimate of drug-likeness (QED) is 0.643. The van der Waals surface area contributed by atoms with Gasteiger partial charge in [0.05, 0.1) is 16.7 Å². The number of nitrogens with zero attached hydrogens (tertiary/aromatic N) is 4. The number of anilines is 1. The van der Waals surface area contributed by atoms with Crippen molar-refractivity contribution < 1.29 is 18.0 Å². The van der Waals surface area contributed by atoms with Crippen molar-refractivity contribution in [2.24, 2.45) is 5.92 Å². The number of carbonyl (C=O) groups excluding carboxylic acids is 1. The summed E-state index contributed by atoms with van der Waals surface area (Å²) in [6.07, 6.45) is -2.33. The first-order valence-electron chi connectivity index (χ1n) is 9.78. The third-order valence-electron chi connectivity index (χ3n) is 5.27. The molecule has 4 rings (SSSR count). The standard InChI is InChI=1S/C20H22F3N5OS/c1-13-6-8-27(9-7-13)10-14-12-30-19(24-14)26-17(29)11-28-16-5-3-2-4-15(16)25-18(28)20(21,22)23/h2-5,12-13H,6-11H2,1H3,(H,24,26,29). The molecule has 2 aromatic heterocycles. The lowest BCUT2D eigenvalue weighted by Crippen LogP contribution is -2.32. The molecule has 160 valence electrons. The van der Waals surface area contributed by atoms with Crippen molar-refractivity contribution in [2.45, 2.75) is 39.0 Å². The van der Waals surface area contributed by atoms with E-state index in [1.165, 1.54) is 23.5 Å². The van der Waals surface area contributed by atoms with E-state index in [4.69, 9.17) is 0 Å². The number of benzene rings is 1. The van der Waals surface area contributed by atoms with Gasteiger partial charge in [-0.1, -0.05) is 19.1 Å². The number of halogens is 3. The van der Waals surface area contributed by atoms with Crippen molar-refractivity contribution in [3.63, 3.8) is 0 Å². The Morgan fingerprint density at radius 1 is 1.23 bits per heavy atom. The van der Waals surface area contributed by atoms with E-state index < -0.39 is 24.5 Å². The Kier molecular flexibility index (Phi) is 5.79. The van der Waals surface area contributed by atoms with Crippen molar-refractivity contribution in [1.29, 1.82) is 0 Å². The number of nitrogens with one attached hydrogen (secondary N) is 1. The lowest BCUT2D eigenvalue weighted by atomic mass is 9.99. The molecule has 10 heteroatoms. The number of alkyl halides is 3. The van der Waals surface area contributed by atoms with Gasteiger partial charge in [0.1, 0.15) is 6.54 Å². The van der Waals surface area contributed by atoms with Crippen LogP contribution in [0, 0.1) is 5.92 Å². The van der Waals surface area contributed by atoms with E-state index in [0.29, 0.717) is 11.7 Å². The van der Waals surface area contributed by atoms with Gasteiger partial charge in [0, 0.05) is 11.9 Å². The van der Waals surface area contributed by atoms with Gasteiger partial charge in [-0.15, -0.1) is 11.3 Å². The first-order chi connectivity index (χ1) is 14.3. The summed E-state index contributed by atoms with van der Waals surface area (Å²) >= 11 is 1.28. The maximum Gasteiger partial charge on any atom is 0.449 e. The Hall–Kier alpha value is -2.46. The summed E-state index contributed by atoms with van der Waals surface area (Å²) in [5.41, 5.74) is 1.32. The van der Waals surface area contributed by atoms with Crippen LogP contribution in [0.15, 0.2) is 29.6 Å². The Balaban J connectivity index is 1.44. The van der Waals surface area contributed by atoms with Crippen LogP contribution in [-0.2, 0) is 24.1 Å². The summed E-state index contributed by atoms with van der Waals surface area (Å²) in [6.45, 7) is 4.52. The number of aromatic nitrogens is 3. The molecule has 6 nitrogen and oxygen atoms in total. The van der Waals surface area contributed by atoms with Gasteiger partial charge in [-0.25, -0.2) is 9.97 Å². The van der Waals surface area contributed by atoms with E-state index >= 15 is 0 Å². The van der Waals surface area contributed by atoms with Crippen LogP contribution in [0.25, 0.3) is 11.0 Å². The first-order valence-corrected chi connectivity index (χ1v) is 10.7. The number of likely N-dealkylation sites (tertiary alicyclic amines) is 1. The van der Waals surface area contributed by atoms with Crippen molar-refractivity contribution in [3.05, 3.63) is 41.2 Å². The molecule has 1 aromatic carbocycles. The highest BCUT2D eigenvalue weighted by Crippen LogP contribution is 2.31. The monoisotopic (exact) mass is 437 g/mol. The molecule has 0 unspecified atom stereocenters. The highest BCUT2D eigenvalue weighted by molar-refractivity contribution is 7.13. The number of hydrogen-bond donors (Lipinski definition) is 1. The van der Waals surface area contributed by atoms with E-state index in [1.807, 2.05) is 5.38 Å². The zero-order valence-electron chi connectivity index (χ0n) is 16.4. The van der Waals surface area contributed by atoms with Gasteiger partial charge in [0.25, 0.3) is 0 Å². The van der Waals surface area contributed by atoms with Crippen molar-refractivity contribution in [3.8, 4) is 0 Å². The minimum atomic E-state index is -4.65. The van der Waals surface area contributed by atoms with Gasteiger partial charge in [0.2, 0.25) is 11.7 Å².